The predicted molar refractivity (Wildman–Crippen MR) is 87.9 cm³/mol. The number of benzene rings is 1. The topological polar surface area (TPSA) is 40.2 Å². The third-order valence-corrected chi connectivity index (χ3v) is 4.42. The van der Waals surface area contributed by atoms with Crippen molar-refractivity contribution in [3.05, 3.63) is 35.0 Å². The molecule has 0 spiro atoms. The molecule has 0 aliphatic carbocycles. The van der Waals surface area contributed by atoms with Gasteiger partial charge in [-0.15, -0.1) is 0 Å². The summed E-state index contributed by atoms with van der Waals surface area (Å²) in [5.74, 6) is 0. The van der Waals surface area contributed by atoms with Crippen molar-refractivity contribution in [3.8, 4) is 0 Å². The molecule has 3 nitrogen and oxygen atoms in total. The van der Waals surface area contributed by atoms with Crippen molar-refractivity contribution in [2.45, 2.75) is 57.9 Å². The van der Waals surface area contributed by atoms with E-state index >= 15 is 0 Å². The summed E-state index contributed by atoms with van der Waals surface area (Å²) in [7, 11) is 0. The van der Waals surface area contributed by atoms with Crippen molar-refractivity contribution in [1.82, 2.24) is 4.57 Å². The van der Waals surface area contributed by atoms with Gasteiger partial charge in [0.15, 0.2) is 0 Å². The molecule has 1 aliphatic rings. The molecule has 3 unspecified atom stereocenters. The molecule has 0 bridgehead atoms. The van der Waals surface area contributed by atoms with Gasteiger partial charge in [-0.1, -0.05) is 17.7 Å². The Labute approximate surface area is 131 Å². The molecule has 0 radical (unpaired) electrons. The summed E-state index contributed by atoms with van der Waals surface area (Å²) in [6.07, 6.45) is 6.06. The minimum absolute atomic E-state index is 0.155. The van der Waals surface area contributed by atoms with Gasteiger partial charge in [-0.3, -0.25) is 0 Å². The molecule has 0 amide bonds. The van der Waals surface area contributed by atoms with Crippen LogP contribution in [0.15, 0.2) is 24.4 Å². The number of ether oxygens (including phenoxy) is 1. The van der Waals surface area contributed by atoms with Gasteiger partial charge in [-0.05, 0) is 50.8 Å². The van der Waals surface area contributed by atoms with Crippen LogP contribution in [0.3, 0.4) is 0 Å². The van der Waals surface area contributed by atoms with Gasteiger partial charge in [-0.25, -0.2) is 0 Å². The van der Waals surface area contributed by atoms with Crippen LogP contribution >= 0.6 is 11.6 Å². The maximum Gasteiger partial charge on any atom is 0.0758 e. The Balaban J connectivity index is 1.94. The average molecular weight is 307 g/mol. The lowest BCUT2D eigenvalue weighted by atomic mass is 10.1. The van der Waals surface area contributed by atoms with Crippen LogP contribution in [0.5, 0.6) is 0 Å². The molecule has 1 saturated heterocycles. The van der Waals surface area contributed by atoms with Gasteiger partial charge >= 0.3 is 0 Å². The Morgan fingerprint density at radius 3 is 2.90 bits per heavy atom. The lowest BCUT2D eigenvalue weighted by Gasteiger charge is -2.13. The second-order valence-corrected chi connectivity index (χ2v) is 6.73. The second-order valence-electron chi connectivity index (χ2n) is 6.30. The van der Waals surface area contributed by atoms with Crippen molar-refractivity contribution in [2.24, 2.45) is 5.73 Å². The zero-order chi connectivity index (χ0) is 15.0. The van der Waals surface area contributed by atoms with Gasteiger partial charge < -0.3 is 15.0 Å². The van der Waals surface area contributed by atoms with Crippen LogP contribution in [0.4, 0.5) is 0 Å². The zero-order valence-electron chi connectivity index (χ0n) is 12.7. The summed E-state index contributed by atoms with van der Waals surface area (Å²) in [6.45, 7) is 5.08. The molecule has 1 aromatic heterocycles. The Morgan fingerprint density at radius 2 is 2.24 bits per heavy atom. The molecule has 1 aliphatic heterocycles. The van der Waals surface area contributed by atoms with Gasteiger partial charge in [0.05, 0.1) is 12.2 Å². The standard InChI is InChI=1S/C17H23ClN2O/c1-11(19)7-13-9-20(10-15-5-3-12(2)21-15)17-8-14(18)4-6-16(13)17/h4,6,8-9,11-12,15H,3,5,7,10,19H2,1-2H3. The Morgan fingerprint density at radius 1 is 1.43 bits per heavy atom. The molecule has 114 valence electrons. The molecular formula is C17H23ClN2O. The Bertz CT molecular complexity index is 635. The number of fused-ring (bicyclic) bond motifs is 1. The van der Waals surface area contributed by atoms with Gasteiger partial charge in [0, 0.05) is 34.7 Å². The van der Waals surface area contributed by atoms with Crippen LogP contribution in [0.2, 0.25) is 5.02 Å². The van der Waals surface area contributed by atoms with E-state index in [1.807, 2.05) is 19.1 Å². The van der Waals surface area contributed by atoms with E-state index in [4.69, 9.17) is 22.1 Å². The summed E-state index contributed by atoms with van der Waals surface area (Å²) < 4.78 is 8.24. The quantitative estimate of drug-likeness (QED) is 0.934. The lowest BCUT2D eigenvalue weighted by Crippen LogP contribution is -2.18. The Hall–Kier alpha value is -1.03. The van der Waals surface area contributed by atoms with Gasteiger partial charge in [0.2, 0.25) is 0 Å². The smallest absolute Gasteiger partial charge is 0.0758 e. The van der Waals surface area contributed by atoms with E-state index in [9.17, 15) is 0 Å². The molecule has 2 heterocycles. The minimum atomic E-state index is 0.155. The van der Waals surface area contributed by atoms with Crippen LogP contribution in [-0.4, -0.2) is 22.8 Å². The lowest BCUT2D eigenvalue weighted by molar-refractivity contribution is 0.0465. The molecule has 1 fully saturated rings. The van der Waals surface area contributed by atoms with E-state index in [0.717, 1.165) is 30.8 Å². The summed E-state index contributed by atoms with van der Waals surface area (Å²) in [5.41, 5.74) is 8.45. The molecule has 1 aromatic carbocycles. The van der Waals surface area contributed by atoms with E-state index in [0.29, 0.717) is 12.2 Å². The zero-order valence-corrected chi connectivity index (χ0v) is 13.4. The van der Waals surface area contributed by atoms with Crippen LogP contribution < -0.4 is 5.73 Å². The fourth-order valence-electron chi connectivity index (χ4n) is 3.24. The molecule has 2 aromatic rings. The van der Waals surface area contributed by atoms with E-state index in [1.165, 1.54) is 16.5 Å². The van der Waals surface area contributed by atoms with Crippen LogP contribution in [0.1, 0.15) is 32.3 Å². The van der Waals surface area contributed by atoms with Gasteiger partial charge in [0.25, 0.3) is 0 Å². The maximum atomic E-state index is 6.18. The number of hydrogen-bond acceptors (Lipinski definition) is 2. The molecule has 0 saturated carbocycles. The van der Waals surface area contributed by atoms with Crippen molar-refractivity contribution in [3.63, 3.8) is 0 Å². The van der Waals surface area contributed by atoms with Crippen LogP contribution in [-0.2, 0) is 17.7 Å². The van der Waals surface area contributed by atoms with E-state index in [-0.39, 0.29) is 6.04 Å². The first-order valence-corrected chi connectivity index (χ1v) is 8.09. The SMILES string of the molecule is CC(N)Cc1cn(CC2CCC(C)O2)c2cc(Cl)ccc12. The number of nitrogens with zero attached hydrogens (tertiary/aromatic N) is 1. The number of nitrogens with two attached hydrogens (primary N) is 1. The molecule has 2 N–H and O–H groups in total. The van der Waals surface area contributed by atoms with Crippen molar-refractivity contribution >= 4 is 22.5 Å². The average Bonchev–Trinajstić information content (AvgIpc) is 2.95. The highest BCUT2D eigenvalue weighted by atomic mass is 35.5. The first-order valence-electron chi connectivity index (χ1n) is 7.71. The third kappa shape index (κ3) is 3.25. The molecule has 4 heteroatoms. The van der Waals surface area contributed by atoms with Crippen molar-refractivity contribution in [1.29, 1.82) is 0 Å². The molecule has 21 heavy (non-hydrogen) atoms. The molecule has 3 atom stereocenters. The van der Waals surface area contributed by atoms with E-state index in [2.05, 4.69) is 23.8 Å². The van der Waals surface area contributed by atoms with Crippen molar-refractivity contribution < 1.29 is 4.74 Å². The largest absolute Gasteiger partial charge is 0.373 e. The van der Waals surface area contributed by atoms with E-state index < -0.39 is 0 Å². The highest BCUT2D eigenvalue weighted by Crippen LogP contribution is 2.28. The van der Waals surface area contributed by atoms with Gasteiger partial charge in [-0.2, -0.15) is 0 Å². The highest BCUT2D eigenvalue weighted by Gasteiger charge is 2.23. The third-order valence-electron chi connectivity index (χ3n) is 4.19. The van der Waals surface area contributed by atoms with Gasteiger partial charge in [0.1, 0.15) is 0 Å². The monoisotopic (exact) mass is 306 g/mol. The number of hydrogen-bond donors (Lipinski definition) is 1. The second kappa shape index (κ2) is 5.99. The summed E-state index contributed by atoms with van der Waals surface area (Å²) in [6, 6.07) is 6.25. The summed E-state index contributed by atoms with van der Waals surface area (Å²) >= 11 is 6.18. The molecule has 3 rings (SSSR count). The predicted octanol–water partition coefficient (Wildman–Crippen LogP) is 3.75. The highest BCUT2D eigenvalue weighted by molar-refractivity contribution is 6.31. The normalized spacial score (nSPS) is 23.8. The van der Waals surface area contributed by atoms with Crippen molar-refractivity contribution in [2.75, 3.05) is 0 Å². The fraction of sp³-hybridized carbons (Fsp3) is 0.529. The van der Waals surface area contributed by atoms with Crippen LogP contribution in [0.25, 0.3) is 10.9 Å². The molecular weight excluding hydrogens is 284 g/mol. The van der Waals surface area contributed by atoms with Crippen LogP contribution in [0, 0.1) is 0 Å². The number of halogens is 1. The number of aromatic nitrogens is 1. The fourth-order valence-corrected chi connectivity index (χ4v) is 3.41. The Kier molecular flexibility index (Phi) is 4.25. The number of rotatable bonds is 4. The maximum absolute atomic E-state index is 6.18. The first-order chi connectivity index (χ1) is 10.0. The minimum Gasteiger partial charge on any atom is -0.373 e. The first kappa shape index (κ1) is 14.9. The van der Waals surface area contributed by atoms with E-state index in [1.54, 1.807) is 0 Å². The summed E-state index contributed by atoms with van der Waals surface area (Å²) in [5, 5.41) is 2.03. The summed E-state index contributed by atoms with van der Waals surface area (Å²) in [4.78, 5) is 0.